The van der Waals surface area contributed by atoms with Gasteiger partial charge < -0.3 is 10.2 Å². The maximum atomic E-state index is 11.1. The number of carbonyl (C=O) groups is 2. The van der Waals surface area contributed by atoms with Gasteiger partial charge in [-0.15, -0.1) is 9.63 Å². The molecule has 0 atom stereocenters. The van der Waals surface area contributed by atoms with Gasteiger partial charge >= 0.3 is 11.9 Å². The molecule has 6 nitrogen and oxygen atoms in total. The summed E-state index contributed by atoms with van der Waals surface area (Å²) >= 11 is 1.10. The minimum Gasteiger partial charge on any atom is -0.478 e. The van der Waals surface area contributed by atoms with Crippen LogP contribution in [0.4, 0.5) is 0 Å². The molecule has 1 heterocycles. The molecule has 1 aromatic rings. The second-order valence-corrected chi connectivity index (χ2v) is 4.33. The number of rotatable bonds is 3. The number of fused-ring (bicyclic) bond motifs is 1. The molecule has 0 aromatic heterocycles. The van der Waals surface area contributed by atoms with Crippen LogP contribution in [0.2, 0.25) is 0 Å². The van der Waals surface area contributed by atoms with Crippen molar-refractivity contribution in [3.05, 3.63) is 47.2 Å². The summed E-state index contributed by atoms with van der Waals surface area (Å²) < 4.78 is 3.78. The summed E-state index contributed by atoms with van der Waals surface area (Å²) in [6.07, 6.45) is 2.10. The average Bonchev–Trinajstić information content (AvgIpc) is 2.57. The Balaban J connectivity index is 2.52. The Bertz CT molecular complexity index is 634. The van der Waals surface area contributed by atoms with Crippen molar-refractivity contribution in [2.24, 2.45) is 9.63 Å². The van der Waals surface area contributed by atoms with E-state index in [4.69, 9.17) is 10.2 Å². The fraction of sp³-hybridized carbons (Fsp3) is 0. The summed E-state index contributed by atoms with van der Waals surface area (Å²) in [6.45, 7) is 0. The van der Waals surface area contributed by atoms with E-state index in [0.29, 0.717) is 6.08 Å². The minimum atomic E-state index is -1.36. The van der Waals surface area contributed by atoms with Gasteiger partial charge in [-0.2, -0.15) is 0 Å². The van der Waals surface area contributed by atoms with Crippen molar-refractivity contribution in [2.45, 2.75) is 4.90 Å². The number of carboxylic acid groups (broad SMARTS) is 2. The molecule has 0 saturated heterocycles. The number of hydrogen-bond acceptors (Lipinski definition) is 5. The molecule has 0 radical (unpaired) electrons. The normalized spacial score (nSPS) is 14.3. The van der Waals surface area contributed by atoms with Crippen LogP contribution in [0.15, 0.2) is 56.1 Å². The van der Waals surface area contributed by atoms with E-state index >= 15 is 0 Å². The van der Waals surface area contributed by atoms with Gasteiger partial charge in [0.25, 0.3) is 0 Å². The zero-order chi connectivity index (χ0) is 13.8. The molecule has 96 valence electrons. The number of carboxylic acids is 2. The van der Waals surface area contributed by atoms with E-state index in [1.54, 1.807) is 12.1 Å². The quantitative estimate of drug-likeness (QED) is 0.653. The van der Waals surface area contributed by atoms with Crippen molar-refractivity contribution in [3.63, 3.8) is 0 Å². The molecule has 0 saturated carbocycles. The van der Waals surface area contributed by atoms with Crippen LogP contribution in [0, 0.1) is 0 Å². The Morgan fingerprint density at radius 3 is 2.63 bits per heavy atom. The van der Waals surface area contributed by atoms with Crippen LogP contribution in [0.25, 0.3) is 6.08 Å². The maximum Gasteiger partial charge on any atom is 0.338 e. The van der Waals surface area contributed by atoms with E-state index in [1.165, 1.54) is 6.08 Å². The number of aliphatic carboxylic acids is 2. The highest BCUT2D eigenvalue weighted by molar-refractivity contribution is 7.98. The van der Waals surface area contributed by atoms with Gasteiger partial charge in [-0.05, 0) is 17.7 Å². The fourth-order valence-corrected chi connectivity index (χ4v) is 2.06. The van der Waals surface area contributed by atoms with Gasteiger partial charge in [0.15, 0.2) is 0 Å². The summed E-state index contributed by atoms with van der Waals surface area (Å²) in [5, 5.41) is 21.5. The molecule has 0 unspecified atom stereocenters. The van der Waals surface area contributed by atoms with E-state index in [-0.39, 0.29) is 5.70 Å². The van der Waals surface area contributed by atoms with E-state index in [2.05, 4.69) is 9.63 Å². The lowest BCUT2D eigenvalue weighted by atomic mass is 10.1. The van der Waals surface area contributed by atoms with Crippen LogP contribution in [0.1, 0.15) is 5.56 Å². The predicted octanol–water partition coefficient (Wildman–Crippen LogP) is 2.60. The molecule has 0 aliphatic carbocycles. The molecule has 0 fully saturated rings. The molecular formula is C12H8N2O4S. The first kappa shape index (κ1) is 13.0. The summed E-state index contributed by atoms with van der Waals surface area (Å²) in [4.78, 5) is 22.5. The summed E-state index contributed by atoms with van der Waals surface area (Å²) in [5.74, 6) is -2.71. The predicted molar refractivity (Wildman–Crippen MR) is 68.5 cm³/mol. The molecule has 19 heavy (non-hydrogen) atoms. The average molecular weight is 276 g/mol. The van der Waals surface area contributed by atoms with Crippen LogP contribution in [-0.2, 0) is 9.59 Å². The van der Waals surface area contributed by atoms with E-state index < -0.39 is 17.5 Å². The van der Waals surface area contributed by atoms with Gasteiger partial charge in [-0.1, -0.05) is 18.2 Å². The van der Waals surface area contributed by atoms with Crippen molar-refractivity contribution in [1.29, 1.82) is 0 Å². The van der Waals surface area contributed by atoms with Crippen LogP contribution in [0.5, 0.6) is 0 Å². The molecule has 0 spiro atoms. The van der Waals surface area contributed by atoms with Gasteiger partial charge in [-0.3, -0.25) is 0 Å². The highest BCUT2D eigenvalue weighted by Crippen LogP contribution is 2.31. The lowest BCUT2D eigenvalue weighted by molar-refractivity contribution is -0.134. The van der Waals surface area contributed by atoms with E-state index in [9.17, 15) is 9.59 Å². The Labute approximate surface area is 112 Å². The van der Waals surface area contributed by atoms with Crippen LogP contribution < -0.4 is 0 Å². The van der Waals surface area contributed by atoms with Crippen LogP contribution in [-0.4, -0.2) is 22.2 Å². The molecular weight excluding hydrogens is 268 g/mol. The second kappa shape index (κ2) is 5.49. The van der Waals surface area contributed by atoms with Crippen molar-refractivity contribution < 1.29 is 19.8 Å². The molecule has 2 rings (SSSR count). The maximum absolute atomic E-state index is 11.1. The standard InChI is InChI=1S/C12H8N2O4S/c15-11(16)6-8(12(17)18)9-5-7-3-1-2-4-10(7)19-14-13-9/h1-6H,(H,15,16)(H,17,18). The molecule has 1 aliphatic rings. The fourth-order valence-electron chi connectivity index (χ4n) is 1.47. The van der Waals surface area contributed by atoms with Gasteiger partial charge in [-0.25, -0.2) is 9.59 Å². The largest absolute Gasteiger partial charge is 0.478 e. The summed E-state index contributed by atoms with van der Waals surface area (Å²) in [6, 6.07) is 7.21. The topological polar surface area (TPSA) is 99.3 Å². The number of benzene rings is 1. The molecule has 0 amide bonds. The Morgan fingerprint density at radius 2 is 1.95 bits per heavy atom. The number of nitrogens with zero attached hydrogens (tertiary/aromatic N) is 2. The Hall–Kier alpha value is -2.41. The van der Waals surface area contributed by atoms with Crippen LogP contribution in [0.3, 0.4) is 0 Å². The van der Waals surface area contributed by atoms with Crippen molar-refractivity contribution in [3.8, 4) is 0 Å². The molecule has 1 aliphatic heterocycles. The van der Waals surface area contributed by atoms with Crippen molar-refractivity contribution >= 4 is 30.0 Å². The third kappa shape index (κ3) is 3.08. The second-order valence-electron chi connectivity index (χ2n) is 3.54. The van der Waals surface area contributed by atoms with Gasteiger partial charge in [0.1, 0.15) is 5.70 Å². The number of hydrogen-bond donors (Lipinski definition) is 2. The first-order valence-electron chi connectivity index (χ1n) is 5.15. The third-order valence-electron chi connectivity index (χ3n) is 2.27. The molecule has 7 heteroatoms. The monoisotopic (exact) mass is 276 g/mol. The highest BCUT2D eigenvalue weighted by atomic mass is 32.2. The lowest BCUT2D eigenvalue weighted by Gasteiger charge is -2.01. The summed E-state index contributed by atoms with van der Waals surface area (Å²) in [7, 11) is 0. The third-order valence-corrected chi connectivity index (χ3v) is 3.00. The highest BCUT2D eigenvalue weighted by Gasteiger charge is 2.17. The first-order valence-corrected chi connectivity index (χ1v) is 5.92. The smallest absolute Gasteiger partial charge is 0.338 e. The lowest BCUT2D eigenvalue weighted by Crippen LogP contribution is -2.05. The summed E-state index contributed by atoms with van der Waals surface area (Å²) in [5.41, 5.74) is 0.339. The molecule has 2 N–H and O–H groups in total. The van der Waals surface area contributed by atoms with Crippen molar-refractivity contribution in [2.75, 3.05) is 0 Å². The van der Waals surface area contributed by atoms with E-state index in [1.807, 2.05) is 12.1 Å². The van der Waals surface area contributed by atoms with Gasteiger partial charge in [0.05, 0.1) is 5.57 Å². The minimum absolute atomic E-state index is 0.00681. The zero-order valence-electron chi connectivity index (χ0n) is 9.48. The zero-order valence-corrected chi connectivity index (χ0v) is 10.3. The SMILES string of the molecule is O=C(O)C=C(C(=O)O)C1=Cc2ccccc2SN=N1. The van der Waals surface area contributed by atoms with Crippen LogP contribution >= 0.6 is 11.9 Å². The first-order chi connectivity index (χ1) is 9.08. The van der Waals surface area contributed by atoms with Crippen molar-refractivity contribution in [1.82, 2.24) is 0 Å². The Kier molecular flexibility index (Phi) is 3.76. The van der Waals surface area contributed by atoms with Gasteiger partial charge in [0, 0.05) is 22.9 Å². The molecule has 1 aromatic carbocycles. The molecule has 0 bridgehead atoms. The van der Waals surface area contributed by atoms with Gasteiger partial charge in [0.2, 0.25) is 0 Å². The van der Waals surface area contributed by atoms with E-state index in [0.717, 1.165) is 22.4 Å². The Morgan fingerprint density at radius 1 is 1.21 bits per heavy atom.